The molecule has 0 aromatic heterocycles. The van der Waals surface area contributed by atoms with Crippen molar-refractivity contribution in [3.63, 3.8) is 0 Å². The Labute approximate surface area is 114 Å². The SMILES string of the molecule is CCNCC(O)Cc1ccc(C(C)C(=O)OC)cc1. The molecule has 0 fully saturated rings. The molecule has 1 aromatic carbocycles. The minimum Gasteiger partial charge on any atom is -0.469 e. The number of aliphatic hydroxyl groups excluding tert-OH is 1. The van der Waals surface area contributed by atoms with Crippen LogP contribution in [-0.4, -0.2) is 37.4 Å². The Morgan fingerprint density at radius 3 is 2.53 bits per heavy atom. The van der Waals surface area contributed by atoms with Gasteiger partial charge in [0.1, 0.15) is 0 Å². The third-order valence-corrected chi connectivity index (χ3v) is 3.14. The average molecular weight is 265 g/mol. The lowest BCUT2D eigenvalue weighted by molar-refractivity contribution is -0.141. The second-order valence-electron chi connectivity index (χ2n) is 4.65. The highest BCUT2D eigenvalue weighted by Gasteiger charge is 2.15. The van der Waals surface area contributed by atoms with Gasteiger partial charge in [0, 0.05) is 6.54 Å². The van der Waals surface area contributed by atoms with Gasteiger partial charge in [0.15, 0.2) is 0 Å². The molecule has 0 radical (unpaired) electrons. The molecule has 4 nitrogen and oxygen atoms in total. The maximum absolute atomic E-state index is 11.4. The van der Waals surface area contributed by atoms with Crippen LogP contribution in [-0.2, 0) is 16.0 Å². The molecule has 0 aliphatic rings. The van der Waals surface area contributed by atoms with Crippen LogP contribution in [0.3, 0.4) is 0 Å². The molecule has 0 heterocycles. The van der Waals surface area contributed by atoms with Crippen LogP contribution >= 0.6 is 0 Å². The summed E-state index contributed by atoms with van der Waals surface area (Å²) in [6.07, 6.45) is 0.226. The van der Waals surface area contributed by atoms with Crippen molar-refractivity contribution in [1.29, 1.82) is 0 Å². The average Bonchev–Trinajstić information content (AvgIpc) is 2.44. The van der Waals surface area contributed by atoms with Crippen LogP contribution < -0.4 is 5.32 Å². The Balaban J connectivity index is 2.58. The van der Waals surface area contributed by atoms with Crippen LogP contribution in [0.25, 0.3) is 0 Å². The van der Waals surface area contributed by atoms with Crippen LogP contribution in [0.4, 0.5) is 0 Å². The largest absolute Gasteiger partial charge is 0.469 e. The first kappa shape index (κ1) is 15.7. The molecule has 0 saturated carbocycles. The molecule has 2 atom stereocenters. The van der Waals surface area contributed by atoms with E-state index in [9.17, 15) is 9.90 Å². The van der Waals surface area contributed by atoms with E-state index in [-0.39, 0.29) is 18.0 Å². The summed E-state index contributed by atoms with van der Waals surface area (Å²) in [4.78, 5) is 11.4. The van der Waals surface area contributed by atoms with E-state index in [1.165, 1.54) is 7.11 Å². The summed E-state index contributed by atoms with van der Waals surface area (Å²) >= 11 is 0. The first-order valence-electron chi connectivity index (χ1n) is 6.64. The Bertz CT molecular complexity index is 389. The topological polar surface area (TPSA) is 58.6 Å². The number of carbonyl (C=O) groups is 1. The van der Waals surface area contributed by atoms with Crippen LogP contribution in [0.1, 0.15) is 30.9 Å². The maximum Gasteiger partial charge on any atom is 0.312 e. The van der Waals surface area contributed by atoms with Gasteiger partial charge in [0.05, 0.1) is 19.1 Å². The molecule has 0 spiro atoms. The minimum absolute atomic E-state index is 0.236. The lowest BCUT2D eigenvalue weighted by atomic mass is 9.98. The molecule has 0 amide bonds. The van der Waals surface area contributed by atoms with Gasteiger partial charge >= 0.3 is 5.97 Å². The van der Waals surface area contributed by atoms with E-state index in [1.807, 2.05) is 38.1 Å². The highest BCUT2D eigenvalue weighted by atomic mass is 16.5. The van der Waals surface area contributed by atoms with Crippen molar-refractivity contribution in [3.05, 3.63) is 35.4 Å². The Hall–Kier alpha value is -1.39. The monoisotopic (exact) mass is 265 g/mol. The fraction of sp³-hybridized carbons (Fsp3) is 0.533. The summed E-state index contributed by atoms with van der Waals surface area (Å²) < 4.78 is 4.72. The Morgan fingerprint density at radius 2 is 2.00 bits per heavy atom. The number of hydrogen-bond acceptors (Lipinski definition) is 4. The summed E-state index contributed by atoms with van der Waals surface area (Å²) in [5, 5.41) is 12.9. The van der Waals surface area contributed by atoms with Crippen LogP contribution in [0.5, 0.6) is 0 Å². The van der Waals surface area contributed by atoms with Crippen molar-refractivity contribution in [1.82, 2.24) is 5.32 Å². The van der Waals surface area contributed by atoms with Gasteiger partial charge in [-0.25, -0.2) is 0 Å². The lowest BCUT2D eigenvalue weighted by Gasteiger charge is -2.13. The quantitative estimate of drug-likeness (QED) is 0.733. The van der Waals surface area contributed by atoms with Crippen molar-refractivity contribution >= 4 is 5.97 Å². The number of esters is 1. The fourth-order valence-electron chi connectivity index (χ4n) is 1.91. The predicted octanol–water partition coefficient (Wildman–Crippen LogP) is 1.48. The van der Waals surface area contributed by atoms with Crippen LogP contribution in [0.2, 0.25) is 0 Å². The van der Waals surface area contributed by atoms with Gasteiger partial charge in [-0.1, -0.05) is 31.2 Å². The maximum atomic E-state index is 11.4. The van der Waals surface area contributed by atoms with Crippen LogP contribution in [0, 0.1) is 0 Å². The van der Waals surface area contributed by atoms with Crippen molar-refractivity contribution in [2.45, 2.75) is 32.3 Å². The molecule has 0 bridgehead atoms. The molecule has 0 aliphatic heterocycles. The molecular weight excluding hydrogens is 242 g/mol. The standard InChI is InChI=1S/C15H23NO3/c1-4-16-10-14(17)9-12-5-7-13(8-6-12)11(2)15(18)19-3/h5-8,11,14,16-17H,4,9-10H2,1-3H3. The highest BCUT2D eigenvalue weighted by Crippen LogP contribution is 2.17. The smallest absolute Gasteiger partial charge is 0.312 e. The number of benzene rings is 1. The number of rotatable bonds is 7. The van der Waals surface area contributed by atoms with Crippen LogP contribution in [0.15, 0.2) is 24.3 Å². The molecule has 106 valence electrons. The summed E-state index contributed by atoms with van der Waals surface area (Å²) in [5.41, 5.74) is 1.99. The summed E-state index contributed by atoms with van der Waals surface area (Å²) in [6.45, 7) is 5.28. The number of ether oxygens (including phenoxy) is 1. The van der Waals surface area contributed by atoms with E-state index in [1.54, 1.807) is 0 Å². The number of methoxy groups -OCH3 is 1. The summed E-state index contributed by atoms with van der Waals surface area (Å²) in [5.74, 6) is -0.495. The molecule has 2 N–H and O–H groups in total. The molecule has 0 aliphatic carbocycles. The number of nitrogens with one attached hydrogen (secondary N) is 1. The molecular formula is C15H23NO3. The third kappa shape index (κ3) is 5.01. The van der Waals surface area contributed by atoms with Crippen molar-refractivity contribution in [2.75, 3.05) is 20.2 Å². The number of aliphatic hydroxyl groups is 1. The summed E-state index contributed by atoms with van der Waals surface area (Å²) in [6, 6.07) is 7.72. The minimum atomic E-state index is -0.385. The van der Waals surface area contributed by atoms with Gasteiger partial charge in [-0.05, 0) is 31.0 Å². The third-order valence-electron chi connectivity index (χ3n) is 3.14. The van der Waals surface area contributed by atoms with Crippen molar-refractivity contribution in [3.8, 4) is 0 Å². The van der Waals surface area contributed by atoms with Gasteiger partial charge in [-0.2, -0.15) is 0 Å². The van der Waals surface area contributed by atoms with Gasteiger partial charge in [-0.3, -0.25) is 4.79 Å². The number of carbonyl (C=O) groups excluding carboxylic acids is 1. The van der Waals surface area contributed by atoms with E-state index in [2.05, 4.69) is 5.32 Å². The normalized spacial score (nSPS) is 13.9. The van der Waals surface area contributed by atoms with E-state index in [4.69, 9.17) is 4.74 Å². The van der Waals surface area contributed by atoms with Gasteiger partial charge in [0.25, 0.3) is 0 Å². The zero-order valence-corrected chi connectivity index (χ0v) is 11.8. The number of hydrogen-bond donors (Lipinski definition) is 2. The predicted molar refractivity (Wildman–Crippen MR) is 75.1 cm³/mol. The highest BCUT2D eigenvalue weighted by molar-refractivity contribution is 5.77. The van der Waals surface area contributed by atoms with Gasteiger partial charge in [0.2, 0.25) is 0 Å². The molecule has 0 saturated heterocycles. The lowest BCUT2D eigenvalue weighted by Crippen LogP contribution is -2.28. The Morgan fingerprint density at radius 1 is 1.37 bits per heavy atom. The fourth-order valence-corrected chi connectivity index (χ4v) is 1.91. The summed E-state index contributed by atoms with van der Waals surface area (Å²) in [7, 11) is 1.39. The van der Waals surface area contributed by atoms with Gasteiger partial charge < -0.3 is 15.2 Å². The molecule has 4 heteroatoms. The van der Waals surface area contributed by atoms with Gasteiger partial charge in [-0.15, -0.1) is 0 Å². The molecule has 19 heavy (non-hydrogen) atoms. The zero-order valence-electron chi connectivity index (χ0n) is 11.8. The zero-order chi connectivity index (χ0) is 14.3. The van der Waals surface area contributed by atoms with E-state index in [0.717, 1.165) is 17.7 Å². The van der Waals surface area contributed by atoms with E-state index in [0.29, 0.717) is 13.0 Å². The first-order chi connectivity index (χ1) is 9.08. The second kappa shape index (κ2) is 7.92. The van der Waals surface area contributed by atoms with Crippen molar-refractivity contribution in [2.24, 2.45) is 0 Å². The second-order valence-corrected chi connectivity index (χ2v) is 4.65. The molecule has 1 rings (SSSR count). The van der Waals surface area contributed by atoms with E-state index >= 15 is 0 Å². The molecule has 2 unspecified atom stereocenters. The number of likely N-dealkylation sites (N-methyl/N-ethyl adjacent to an activating group) is 1. The van der Waals surface area contributed by atoms with E-state index < -0.39 is 0 Å². The molecule has 1 aromatic rings. The Kier molecular flexibility index (Phi) is 6.53. The first-order valence-corrected chi connectivity index (χ1v) is 6.64. The van der Waals surface area contributed by atoms with Crippen molar-refractivity contribution < 1.29 is 14.6 Å².